The van der Waals surface area contributed by atoms with Crippen molar-refractivity contribution in [1.29, 1.82) is 0 Å². The Kier molecular flexibility index (Phi) is 4.81. The number of rotatable bonds is 4. The fourth-order valence-corrected chi connectivity index (χ4v) is 2.86. The molecule has 6 heteroatoms. The molecule has 0 unspecified atom stereocenters. The Morgan fingerprint density at radius 2 is 2.05 bits per heavy atom. The summed E-state index contributed by atoms with van der Waals surface area (Å²) in [6.45, 7) is 6.16. The van der Waals surface area contributed by atoms with Crippen LogP contribution in [0.25, 0.3) is 0 Å². The van der Waals surface area contributed by atoms with Crippen molar-refractivity contribution in [3.05, 3.63) is 17.0 Å². The van der Waals surface area contributed by atoms with Crippen LogP contribution in [0.3, 0.4) is 0 Å². The van der Waals surface area contributed by atoms with Gasteiger partial charge in [0.05, 0.1) is 6.54 Å². The third-order valence-corrected chi connectivity index (χ3v) is 3.89. The van der Waals surface area contributed by atoms with E-state index in [0.717, 1.165) is 37.3 Å². The van der Waals surface area contributed by atoms with Crippen LogP contribution in [0.5, 0.6) is 0 Å². The number of nitrogens with zero attached hydrogens (tertiary/aromatic N) is 4. The van der Waals surface area contributed by atoms with Crippen LogP contribution in [-0.2, 0) is 4.79 Å². The summed E-state index contributed by atoms with van der Waals surface area (Å²) in [4.78, 5) is 24.3. The average molecular weight is 297 g/mol. The molecule has 2 heterocycles. The van der Waals surface area contributed by atoms with Crippen molar-refractivity contribution in [1.82, 2.24) is 14.9 Å². The molecule has 0 aliphatic carbocycles. The van der Waals surface area contributed by atoms with Crippen LogP contribution in [0.15, 0.2) is 6.33 Å². The van der Waals surface area contributed by atoms with E-state index in [-0.39, 0.29) is 11.8 Å². The van der Waals surface area contributed by atoms with Gasteiger partial charge in [0.25, 0.3) is 0 Å². The van der Waals surface area contributed by atoms with Gasteiger partial charge >= 0.3 is 0 Å². The first-order chi connectivity index (χ1) is 9.50. The van der Waals surface area contributed by atoms with E-state index in [1.165, 1.54) is 6.33 Å². The Balaban J connectivity index is 2.14. The van der Waals surface area contributed by atoms with E-state index < -0.39 is 0 Å². The van der Waals surface area contributed by atoms with Crippen LogP contribution in [0.2, 0.25) is 5.15 Å². The third-order valence-electron chi connectivity index (χ3n) is 3.58. The molecule has 5 nitrogen and oxygen atoms in total. The number of likely N-dealkylation sites (tertiary alicyclic amines) is 1. The summed E-state index contributed by atoms with van der Waals surface area (Å²) in [5, 5.41) is 0.463. The Bertz CT molecular complexity index is 486. The first-order valence-corrected chi connectivity index (χ1v) is 7.37. The maximum absolute atomic E-state index is 12.2. The standard InChI is InChI=1S/C14H21ClN4O/c1-10(2)12-13(15)16-9-17-14(12)18(3)8-11(20)19-6-4-5-7-19/h9-10H,4-8H2,1-3H3. The van der Waals surface area contributed by atoms with Gasteiger partial charge in [-0.3, -0.25) is 4.79 Å². The fourth-order valence-electron chi connectivity index (χ4n) is 2.51. The molecular formula is C14H21ClN4O. The van der Waals surface area contributed by atoms with Crippen LogP contribution in [0.4, 0.5) is 5.82 Å². The van der Waals surface area contributed by atoms with Crippen molar-refractivity contribution >= 4 is 23.3 Å². The predicted molar refractivity (Wildman–Crippen MR) is 80.2 cm³/mol. The minimum atomic E-state index is 0.148. The summed E-state index contributed by atoms with van der Waals surface area (Å²) < 4.78 is 0. The number of hydrogen-bond donors (Lipinski definition) is 0. The number of hydrogen-bond acceptors (Lipinski definition) is 4. The first kappa shape index (κ1) is 15.0. The van der Waals surface area contributed by atoms with Crippen molar-refractivity contribution in [2.24, 2.45) is 0 Å². The SMILES string of the molecule is CC(C)c1c(Cl)ncnc1N(C)CC(=O)N1CCCC1. The van der Waals surface area contributed by atoms with Gasteiger partial charge < -0.3 is 9.80 Å². The number of aromatic nitrogens is 2. The lowest BCUT2D eigenvalue weighted by Gasteiger charge is -2.24. The largest absolute Gasteiger partial charge is 0.350 e. The number of amides is 1. The number of halogens is 1. The molecule has 0 spiro atoms. The van der Waals surface area contributed by atoms with Crippen LogP contribution in [0, 0.1) is 0 Å². The van der Waals surface area contributed by atoms with Crippen molar-refractivity contribution in [3.8, 4) is 0 Å². The number of anilines is 1. The third kappa shape index (κ3) is 3.20. The number of carbonyl (C=O) groups excluding carboxylic acids is 1. The lowest BCUT2D eigenvalue weighted by molar-refractivity contribution is -0.128. The van der Waals surface area contributed by atoms with E-state index in [9.17, 15) is 4.79 Å². The topological polar surface area (TPSA) is 49.3 Å². The highest BCUT2D eigenvalue weighted by Crippen LogP contribution is 2.29. The highest BCUT2D eigenvalue weighted by atomic mass is 35.5. The van der Waals surface area contributed by atoms with Gasteiger partial charge in [-0.2, -0.15) is 0 Å². The molecule has 0 radical (unpaired) electrons. The lowest BCUT2D eigenvalue weighted by Crippen LogP contribution is -2.38. The van der Waals surface area contributed by atoms with Gasteiger partial charge in [0.15, 0.2) is 0 Å². The summed E-state index contributed by atoms with van der Waals surface area (Å²) in [5.74, 6) is 1.10. The Labute approximate surface area is 124 Å². The molecule has 1 aliphatic rings. The zero-order chi connectivity index (χ0) is 14.7. The van der Waals surface area contributed by atoms with Crippen molar-refractivity contribution in [2.45, 2.75) is 32.6 Å². The number of likely N-dealkylation sites (N-methyl/N-ethyl adjacent to an activating group) is 1. The van der Waals surface area contributed by atoms with E-state index in [1.807, 2.05) is 30.7 Å². The molecule has 1 aliphatic heterocycles. The molecule has 1 amide bonds. The molecule has 0 bridgehead atoms. The smallest absolute Gasteiger partial charge is 0.242 e. The van der Waals surface area contributed by atoms with Crippen molar-refractivity contribution in [2.75, 3.05) is 31.6 Å². The molecule has 1 aromatic rings. The van der Waals surface area contributed by atoms with Crippen LogP contribution in [-0.4, -0.2) is 47.5 Å². The highest BCUT2D eigenvalue weighted by molar-refractivity contribution is 6.30. The Morgan fingerprint density at radius 1 is 1.40 bits per heavy atom. The average Bonchev–Trinajstić information content (AvgIpc) is 2.91. The molecule has 0 saturated carbocycles. The second kappa shape index (κ2) is 6.39. The summed E-state index contributed by atoms with van der Waals surface area (Å²) in [7, 11) is 1.87. The summed E-state index contributed by atoms with van der Waals surface area (Å²) >= 11 is 6.16. The fraction of sp³-hybridized carbons (Fsp3) is 0.643. The summed E-state index contributed by atoms with van der Waals surface area (Å²) in [5.41, 5.74) is 0.894. The normalized spacial score (nSPS) is 14.9. The molecule has 1 fully saturated rings. The molecule has 0 aromatic carbocycles. The monoisotopic (exact) mass is 296 g/mol. The van der Waals surface area contributed by atoms with E-state index in [4.69, 9.17) is 11.6 Å². The minimum Gasteiger partial charge on any atom is -0.350 e. The lowest BCUT2D eigenvalue weighted by atomic mass is 10.1. The summed E-state index contributed by atoms with van der Waals surface area (Å²) in [6.07, 6.45) is 3.65. The van der Waals surface area contributed by atoms with Crippen molar-refractivity contribution < 1.29 is 4.79 Å². The van der Waals surface area contributed by atoms with E-state index in [1.54, 1.807) is 0 Å². The van der Waals surface area contributed by atoms with Gasteiger partial charge in [0.1, 0.15) is 17.3 Å². The van der Waals surface area contributed by atoms with Gasteiger partial charge in [0.2, 0.25) is 5.91 Å². The number of carbonyl (C=O) groups is 1. The summed E-state index contributed by atoms with van der Waals surface area (Å²) in [6, 6.07) is 0. The van der Waals surface area contributed by atoms with Gasteiger partial charge in [-0.25, -0.2) is 9.97 Å². The predicted octanol–water partition coefficient (Wildman–Crippen LogP) is 2.31. The molecule has 110 valence electrons. The van der Waals surface area contributed by atoms with E-state index in [0.29, 0.717) is 11.7 Å². The first-order valence-electron chi connectivity index (χ1n) is 7.00. The van der Waals surface area contributed by atoms with E-state index in [2.05, 4.69) is 9.97 Å². The maximum atomic E-state index is 12.2. The molecule has 0 N–H and O–H groups in total. The molecule has 0 atom stereocenters. The second-order valence-corrected chi connectivity index (χ2v) is 5.86. The van der Waals surface area contributed by atoms with Crippen LogP contribution in [0.1, 0.15) is 38.2 Å². The molecule has 2 rings (SSSR count). The van der Waals surface area contributed by atoms with Crippen LogP contribution < -0.4 is 4.90 Å². The quantitative estimate of drug-likeness (QED) is 0.800. The van der Waals surface area contributed by atoms with E-state index >= 15 is 0 Å². The van der Waals surface area contributed by atoms with Gasteiger partial charge in [-0.1, -0.05) is 25.4 Å². The molecular weight excluding hydrogens is 276 g/mol. The zero-order valence-electron chi connectivity index (χ0n) is 12.3. The second-order valence-electron chi connectivity index (χ2n) is 5.50. The highest BCUT2D eigenvalue weighted by Gasteiger charge is 2.22. The Morgan fingerprint density at radius 3 is 2.65 bits per heavy atom. The van der Waals surface area contributed by atoms with Gasteiger partial charge in [0, 0.05) is 25.7 Å². The Hall–Kier alpha value is -1.36. The maximum Gasteiger partial charge on any atom is 0.242 e. The van der Waals surface area contributed by atoms with Crippen molar-refractivity contribution in [3.63, 3.8) is 0 Å². The zero-order valence-corrected chi connectivity index (χ0v) is 13.0. The van der Waals surface area contributed by atoms with Crippen LogP contribution >= 0.6 is 11.6 Å². The van der Waals surface area contributed by atoms with Gasteiger partial charge in [-0.05, 0) is 18.8 Å². The van der Waals surface area contributed by atoms with Gasteiger partial charge in [-0.15, -0.1) is 0 Å². The minimum absolute atomic E-state index is 0.148. The molecule has 1 aromatic heterocycles. The molecule has 20 heavy (non-hydrogen) atoms. The molecule has 1 saturated heterocycles.